The van der Waals surface area contributed by atoms with Crippen LogP contribution < -0.4 is 10.9 Å². The summed E-state index contributed by atoms with van der Waals surface area (Å²) in [5, 5.41) is 12.8. The molecule has 2 heterocycles. The SMILES string of the molecule is CN(C)S(=O)(=O)N(C)C1COCCn2c1nc(C(=O)NCc1ccc(F)cc1)c(O)c2=O. The molecular weight excluding hydrogens is 445 g/mol. The van der Waals surface area contributed by atoms with E-state index in [1.54, 1.807) is 0 Å². The first-order valence-electron chi connectivity index (χ1n) is 9.63. The number of hydrogen-bond donors (Lipinski definition) is 2. The summed E-state index contributed by atoms with van der Waals surface area (Å²) in [6.07, 6.45) is 0. The highest BCUT2D eigenvalue weighted by atomic mass is 32.2. The highest BCUT2D eigenvalue weighted by molar-refractivity contribution is 7.86. The van der Waals surface area contributed by atoms with E-state index in [2.05, 4.69) is 10.3 Å². The Kier molecular flexibility index (Phi) is 6.93. The summed E-state index contributed by atoms with van der Waals surface area (Å²) in [6.45, 7) is 0.0204. The lowest BCUT2D eigenvalue weighted by molar-refractivity contribution is 0.0938. The van der Waals surface area contributed by atoms with Crippen LogP contribution >= 0.6 is 0 Å². The van der Waals surface area contributed by atoms with Crippen molar-refractivity contribution in [1.29, 1.82) is 0 Å². The lowest BCUT2D eigenvalue weighted by atomic mass is 10.2. The molecule has 13 heteroatoms. The van der Waals surface area contributed by atoms with E-state index < -0.39 is 45.0 Å². The fourth-order valence-electron chi connectivity index (χ4n) is 3.17. The van der Waals surface area contributed by atoms with Gasteiger partial charge >= 0.3 is 0 Å². The number of nitrogens with zero attached hydrogens (tertiary/aromatic N) is 4. The molecule has 0 saturated carbocycles. The molecule has 32 heavy (non-hydrogen) atoms. The van der Waals surface area contributed by atoms with Gasteiger partial charge in [-0.05, 0) is 17.7 Å². The Labute approximate surface area is 184 Å². The van der Waals surface area contributed by atoms with Crippen LogP contribution in [0, 0.1) is 5.82 Å². The molecule has 0 bridgehead atoms. The van der Waals surface area contributed by atoms with Crippen molar-refractivity contribution in [3.8, 4) is 5.75 Å². The number of ether oxygens (including phenoxy) is 1. The van der Waals surface area contributed by atoms with E-state index in [-0.39, 0.29) is 32.1 Å². The quantitative estimate of drug-likeness (QED) is 0.600. The monoisotopic (exact) mass is 469 g/mol. The topological polar surface area (TPSA) is 134 Å². The van der Waals surface area contributed by atoms with Crippen molar-refractivity contribution in [1.82, 2.24) is 23.5 Å². The number of benzene rings is 1. The van der Waals surface area contributed by atoms with E-state index >= 15 is 0 Å². The summed E-state index contributed by atoms with van der Waals surface area (Å²) in [7, 11) is 0.121. The largest absolute Gasteiger partial charge is 0.501 e. The first-order chi connectivity index (χ1) is 15.0. The van der Waals surface area contributed by atoms with Gasteiger partial charge in [-0.25, -0.2) is 9.37 Å². The number of likely N-dealkylation sites (N-methyl/N-ethyl adjacent to an activating group) is 1. The Balaban J connectivity index is 1.98. The smallest absolute Gasteiger partial charge is 0.296 e. The van der Waals surface area contributed by atoms with E-state index in [1.807, 2.05) is 0 Å². The van der Waals surface area contributed by atoms with Gasteiger partial charge in [-0.3, -0.25) is 14.2 Å². The summed E-state index contributed by atoms with van der Waals surface area (Å²) in [4.78, 5) is 29.6. The van der Waals surface area contributed by atoms with Crippen LogP contribution in [0.15, 0.2) is 29.1 Å². The van der Waals surface area contributed by atoms with Crippen LogP contribution in [0.3, 0.4) is 0 Å². The van der Waals surface area contributed by atoms with E-state index in [0.717, 1.165) is 13.2 Å². The zero-order valence-corrected chi connectivity index (χ0v) is 18.6. The van der Waals surface area contributed by atoms with Crippen LogP contribution in [0.25, 0.3) is 0 Å². The molecule has 1 unspecified atom stereocenters. The molecule has 1 aliphatic rings. The molecule has 2 aromatic rings. The maximum Gasteiger partial charge on any atom is 0.296 e. The van der Waals surface area contributed by atoms with E-state index in [1.165, 1.54) is 45.4 Å². The van der Waals surface area contributed by atoms with Gasteiger partial charge in [0.1, 0.15) is 17.7 Å². The molecule has 2 N–H and O–H groups in total. The van der Waals surface area contributed by atoms with Crippen LogP contribution in [-0.4, -0.2) is 71.9 Å². The number of fused-ring (bicyclic) bond motifs is 1. The van der Waals surface area contributed by atoms with Gasteiger partial charge in [0.25, 0.3) is 21.7 Å². The van der Waals surface area contributed by atoms with Crippen LogP contribution in [0.2, 0.25) is 0 Å². The average Bonchev–Trinajstić information content (AvgIpc) is 2.97. The van der Waals surface area contributed by atoms with Crippen molar-refractivity contribution in [2.75, 3.05) is 34.4 Å². The second-order valence-electron chi connectivity index (χ2n) is 7.33. The highest BCUT2D eigenvalue weighted by Gasteiger charge is 2.35. The Morgan fingerprint density at radius 2 is 1.97 bits per heavy atom. The molecule has 0 aliphatic carbocycles. The third-order valence-electron chi connectivity index (χ3n) is 5.05. The highest BCUT2D eigenvalue weighted by Crippen LogP contribution is 2.25. The molecule has 0 radical (unpaired) electrons. The number of aromatic nitrogens is 2. The lowest BCUT2D eigenvalue weighted by Crippen LogP contribution is -2.43. The number of rotatable bonds is 6. The first-order valence-corrected chi connectivity index (χ1v) is 11.0. The number of hydrogen-bond acceptors (Lipinski definition) is 7. The predicted octanol–water partition coefficient (Wildman–Crippen LogP) is -0.172. The Morgan fingerprint density at radius 3 is 2.59 bits per heavy atom. The molecule has 0 saturated heterocycles. The van der Waals surface area contributed by atoms with Crippen molar-refractivity contribution in [3.05, 3.63) is 57.5 Å². The normalized spacial score (nSPS) is 16.6. The lowest BCUT2D eigenvalue weighted by Gasteiger charge is -2.29. The predicted molar refractivity (Wildman–Crippen MR) is 112 cm³/mol. The fraction of sp³-hybridized carbons (Fsp3) is 0.421. The number of amides is 1. The second kappa shape index (κ2) is 9.32. The van der Waals surface area contributed by atoms with E-state index in [0.29, 0.717) is 5.56 Å². The van der Waals surface area contributed by atoms with Gasteiger partial charge < -0.3 is 15.2 Å². The number of nitrogens with one attached hydrogen (secondary N) is 1. The molecule has 1 amide bonds. The van der Waals surface area contributed by atoms with Crippen molar-refractivity contribution in [3.63, 3.8) is 0 Å². The van der Waals surface area contributed by atoms with Crippen LogP contribution in [0.4, 0.5) is 4.39 Å². The second-order valence-corrected chi connectivity index (χ2v) is 9.53. The maximum atomic E-state index is 13.0. The summed E-state index contributed by atoms with van der Waals surface area (Å²) in [6, 6.07) is 4.41. The summed E-state index contributed by atoms with van der Waals surface area (Å²) >= 11 is 0. The average molecular weight is 469 g/mol. The van der Waals surface area contributed by atoms with E-state index in [9.17, 15) is 27.5 Å². The zero-order valence-electron chi connectivity index (χ0n) is 17.8. The van der Waals surface area contributed by atoms with Gasteiger partial charge in [-0.15, -0.1) is 0 Å². The van der Waals surface area contributed by atoms with Crippen LogP contribution in [0.5, 0.6) is 5.75 Å². The minimum Gasteiger partial charge on any atom is -0.501 e. The van der Waals surface area contributed by atoms with E-state index in [4.69, 9.17) is 4.74 Å². The van der Waals surface area contributed by atoms with Gasteiger partial charge in [-0.2, -0.15) is 17.0 Å². The molecule has 174 valence electrons. The Hall–Kier alpha value is -2.87. The Bertz CT molecular complexity index is 1170. The zero-order chi connectivity index (χ0) is 23.6. The van der Waals surface area contributed by atoms with Crippen molar-refractivity contribution >= 4 is 16.1 Å². The van der Waals surface area contributed by atoms with Crippen LogP contribution in [-0.2, 0) is 28.0 Å². The number of carbonyl (C=O) groups is 1. The molecule has 1 atom stereocenters. The first kappa shape index (κ1) is 23.8. The molecule has 1 aromatic heterocycles. The maximum absolute atomic E-state index is 13.0. The fourth-order valence-corrected chi connectivity index (χ4v) is 4.16. The number of carbonyl (C=O) groups excluding carboxylic acids is 1. The molecule has 0 spiro atoms. The molecule has 0 fully saturated rings. The minimum atomic E-state index is -3.90. The molecule has 1 aliphatic heterocycles. The summed E-state index contributed by atoms with van der Waals surface area (Å²) in [5.41, 5.74) is -0.826. The molecule has 1 aromatic carbocycles. The van der Waals surface area contributed by atoms with Gasteiger partial charge in [0.15, 0.2) is 5.69 Å². The minimum absolute atomic E-state index is 0.000102. The number of halogens is 1. The molecule has 3 rings (SSSR count). The molecule has 11 nitrogen and oxygen atoms in total. The third-order valence-corrected chi connectivity index (χ3v) is 6.96. The van der Waals surface area contributed by atoms with Crippen molar-refractivity contribution in [2.24, 2.45) is 0 Å². The van der Waals surface area contributed by atoms with Gasteiger partial charge in [0.2, 0.25) is 5.75 Å². The Morgan fingerprint density at radius 1 is 1.31 bits per heavy atom. The van der Waals surface area contributed by atoms with Crippen molar-refractivity contribution < 1.29 is 27.4 Å². The number of aromatic hydroxyl groups is 1. The van der Waals surface area contributed by atoms with Gasteiger partial charge in [0, 0.05) is 27.7 Å². The molecular formula is C19H24FN5O6S. The van der Waals surface area contributed by atoms with Crippen LogP contribution in [0.1, 0.15) is 27.9 Å². The van der Waals surface area contributed by atoms with Gasteiger partial charge in [0.05, 0.1) is 19.8 Å². The standard InChI is InChI=1S/C19H24FN5O6S/c1-23(2)32(29,30)24(3)14-11-31-9-8-25-17(14)22-15(16(26)19(25)28)18(27)21-10-12-4-6-13(20)7-5-12/h4-7,14,26H,8-11H2,1-3H3,(H,21,27). The summed E-state index contributed by atoms with van der Waals surface area (Å²) < 4.78 is 46.9. The third kappa shape index (κ3) is 4.65. The van der Waals surface area contributed by atoms with Crippen molar-refractivity contribution in [2.45, 2.75) is 19.1 Å². The summed E-state index contributed by atoms with van der Waals surface area (Å²) in [5.74, 6) is -2.15. The van der Waals surface area contributed by atoms with Gasteiger partial charge in [-0.1, -0.05) is 12.1 Å².